The molecular formula is C19H15F3N2O3. The number of aliphatic hydroxyl groups is 1. The van der Waals surface area contributed by atoms with Gasteiger partial charge in [-0.15, -0.1) is 0 Å². The summed E-state index contributed by atoms with van der Waals surface area (Å²) in [4.78, 5) is 14.0. The van der Waals surface area contributed by atoms with Gasteiger partial charge in [-0.2, -0.15) is 0 Å². The van der Waals surface area contributed by atoms with Crippen LogP contribution >= 0.6 is 0 Å². The Kier molecular flexibility index (Phi) is 5.56. The molecule has 1 heterocycles. The number of carbonyl (C=O) groups excluding carboxylic acids is 1. The van der Waals surface area contributed by atoms with Gasteiger partial charge in [-0.25, -0.2) is 13.2 Å². The summed E-state index contributed by atoms with van der Waals surface area (Å²) in [6.07, 6.45) is 0. The van der Waals surface area contributed by atoms with Gasteiger partial charge in [0.05, 0.1) is 6.61 Å². The van der Waals surface area contributed by atoms with Crippen LogP contribution in [-0.2, 0) is 6.54 Å². The molecule has 0 saturated heterocycles. The van der Waals surface area contributed by atoms with E-state index in [2.05, 4.69) is 5.16 Å². The zero-order chi connectivity index (χ0) is 19.4. The molecule has 0 spiro atoms. The second kappa shape index (κ2) is 8.05. The highest BCUT2D eigenvalue weighted by Gasteiger charge is 2.21. The first-order valence-electron chi connectivity index (χ1n) is 8.04. The maximum absolute atomic E-state index is 13.4. The zero-order valence-electron chi connectivity index (χ0n) is 14.0. The number of aromatic nitrogens is 1. The van der Waals surface area contributed by atoms with Crippen molar-refractivity contribution in [3.8, 4) is 11.3 Å². The average Bonchev–Trinajstić information content (AvgIpc) is 3.15. The predicted molar refractivity (Wildman–Crippen MR) is 90.1 cm³/mol. The van der Waals surface area contributed by atoms with E-state index in [0.717, 1.165) is 12.1 Å². The van der Waals surface area contributed by atoms with Crippen LogP contribution in [0.1, 0.15) is 16.1 Å². The number of rotatable bonds is 6. The quantitative estimate of drug-likeness (QED) is 0.716. The number of nitrogens with zero attached hydrogens (tertiary/aromatic N) is 2. The molecule has 8 heteroatoms. The van der Waals surface area contributed by atoms with E-state index in [4.69, 9.17) is 4.52 Å². The van der Waals surface area contributed by atoms with Crippen LogP contribution in [0.3, 0.4) is 0 Å². The first-order valence-corrected chi connectivity index (χ1v) is 8.04. The van der Waals surface area contributed by atoms with E-state index >= 15 is 0 Å². The standard InChI is InChI=1S/C19H15F3N2O3/c20-14-4-1-12(2-5-14)11-24(7-8-25)19(26)17-10-18(27-23-17)13-3-6-15(21)16(22)9-13/h1-6,9-10,25H,7-8,11H2. The van der Waals surface area contributed by atoms with E-state index in [1.807, 2.05) is 0 Å². The van der Waals surface area contributed by atoms with Gasteiger partial charge in [0.2, 0.25) is 0 Å². The third-order valence-corrected chi connectivity index (χ3v) is 3.88. The average molecular weight is 376 g/mol. The van der Waals surface area contributed by atoms with Crippen molar-refractivity contribution >= 4 is 5.91 Å². The summed E-state index contributed by atoms with van der Waals surface area (Å²) >= 11 is 0. The molecule has 0 aliphatic heterocycles. The lowest BCUT2D eigenvalue weighted by molar-refractivity contribution is 0.0697. The minimum absolute atomic E-state index is 0.0313. The Balaban J connectivity index is 1.80. The van der Waals surface area contributed by atoms with Crippen molar-refractivity contribution in [1.82, 2.24) is 10.1 Å². The number of amides is 1. The number of benzene rings is 2. The molecule has 3 rings (SSSR count). The smallest absolute Gasteiger partial charge is 0.276 e. The number of hydrogen-bond donors (Lipinski definition) is 1. The summed E-state index contributed by atoms with van der Waals surface area (Å²) in [6.45, 7) is -0.114. The van der Waals surface area contributed by atoms with E-state index in [9.17, 15) is 23.1 Å². The Morgan fingerprint density at radius 3 is 2.44 bits per heavy atom. The first-order chi connectivity index (χ1) is 13.0. The van der Waals surface area contributed by atoms with Gasteiger partial charge in [0.1, 0.15) is 5.82 Å². The molecular weight excluding hydrogens is 361 g/mol. The van der Waals surface area contributed by atoms with E-state index in [1.165, 1.54) is 41.3 Å². The lowest BCUT2D eigenvalue weighted by Crippen LogP contribution is -2.33. The van der Waals surface area contributed by atoms with Crippen molar-refractivity contribution in [2.24, 2.45) is 0 Å². The Morgan fingerprint density at radius 2 is 1.78 bits per heavy atom. The Morgan fingerprint density at radius 1 is 1.04 bits per heavy atom. The summed E-state index contributed by atoms with van der Waals surface area (Å²) < 4.78 is 44.5. The van der Waals surface area contributed by atoms with Crippen LogP contribution < -0.4 is 0 Å². The highest BCUT2D eigenvalue weighted by Crippen LogP contribution is 2.23. The highest BCUT2D eigenvalue weighted by atomic mass is 19.2. The summed E-state index contributed by atoms with van der Waals surface area (Å²) in [5, 5.41) is 12.9. The van der Waals surface area contributed by atoms with Crippen molar-refractivity contribution in [2.75, 3.05) is 13.2 Å². The fourth-order valence-corrected chi connectivity index (χ4v) is 2.51. The monoisotopic (exact) mass is 376 g/mol. The summed E-state index contributed by atoms with van der Waals surface area (Å²) in [5.41, 5.74) is 0.848. The summed E-state index contributed by atoms with van der Waals surface area (Å²) in [6, 6.07) is 10.1. The molecule has 0 aliphatic carbocycles. The lowest BCUT2D eigenvalue weighted by atomic mass is 10.1. The second-order valence-corrected chi connectivity index (χ2v) is 5.78. The molecule has 0 radical (unpaired) electrons. The van der Waals surface area contributed by atoms with Gasteiger partial charge in [-0.1, -0.05) is 17.3 Å². The van der Waals surface area contributed by atoms with Gasteiger partial charge in [0, 0.05) is 24.7 Å². The van der Waals surface area contributed by atoms with Gasteiger partial charge in [-0.3, -0.25) is 4.79 Å². The van der Waals surface area contributed by atoms with Gasteiger partial charge in [-0.05, 0) is 35.9 Å². The van der Waals surface area contributed by atoms with Crippen molar-refractivity contribution in [3.05, 3.63) is 77.2 Å². The largest absolute Gasteiger partial charge is 0.395 e. The molecule has 1 aromatic heterocycles. The van der Waals surface area contributed by atoms with Crippen LogP contribution in [-0.4, -0.2) is 34.2 Å². The molecule has 1 amide bonds. The van der Waals surface area contributed by atoms with E-state index in [0.29, 0.717) is 5.56 Å². The Bertz CT molecular complexity index is 942. The Labute approximate surface area is 152 Å². The number of carbonyl (C=O) groups is 1. The maximum Gasteiger partial charge on any atom is 0.276 e. The van der Waals surface area contributed by atoms with Gasteiger partial charge in [0.25, 0.3) is 5.91 Å². The van der Waals surface area contributed by atoms with Crippen LogP contribution in [0.25, 0.3) is 11.3 Å². The molecule has 0 saturated carbocycles. The molecule has 0 atom stereocenters. The molecule has 27 heavy (non-hydrogen) atoms. The molecule has 0 bridgehead atoms. The highest BCUT2D eigenvalue weighted by molar-refractivity contribution is 5.93. The van der Waals surface area contributed by atoms with Gasteiger partial charge in [0.15, 0.2) is 23.1 Å². The molecule has 0 aliphatic rings. The lowest BCUT2D eigenvalue weighted by Gasteiger charge is -2.20. The van der Waals surface area contributed by atoms with Gasteiger partial charge >= 0.3 is 0 Å². The van der Waals surface area contributed by atoms with E-state index in [1.54, 1.807) is 0 Å². The van der Waals surface area contributed by atoms with Crippen LogP contribution in [0.2, 0.25) is 0 Å². The van der Waals surface area contributed by atoms with E-state index < -0.39 is 23.4 Å². The minimum Gasteiger partial charge on any atom is -0.395 e. The van der Waals surface area contributed by atoms with Crippen molar-refractivity contribution in [1.29, 1.82) is 0 Å². The van der Waals surface area contributed by atoms with Crippen LogP contribution in [0.15, 0.2) is 53.1 Å². The normalized spacial score (nSPS) is 10.8. The number of aliphatic hydroxyl groups excluding tert-OH is 1. The van der Waals surface area contributed by atoms with Gasteiger partial charge < -0.3 is 14.5 Å². The topological polar surface area (TPSA) is 66.6 Å². The minimum atomic E-state index is -1.05. The maximum atomic E-state index is 13.4. The zero-order valence-corrected chi connectivity index (χ0v) is 14.0. The molecule has 0 fully saturated rings. The Hall–Kier alpha value is -3.13. The predicted octanol–water partition coefficient (Wildman–Crippen LogP) is 3.39. The van der Waals surface area contributed by atoms with Crippen LogP contribution in [0.5, 0.6) is 0 Å². The first kappa shape index (κ1) is 18.7. The second-order valence-electron chi connectivity index (χ2n) is 5.78. The summed E-state index contributed by atoms with van der Waals surface area (Å²) in [7, 11) is 0. The molecule has 1 N–H and O–H groups in total. The fraction of sp³-hybridized carbons (Fsp3) is 0.158. The van der Waals surface area contributed by atoms with Crippen molar-refractivity contribution < 1.29 is 27.6 Å². The molecule has 2 aromatic carbocycles. The summed E-state index contributed by atoms with van der Waals surface area (Å²) in [5.74, 6) is -2.86. The third-order valence-electron chi connectivity index (χ3n) is 3.88. The third kappa shape index (κ3) is 4.35. The van der Waals surface area contributed by atoms with Crippen molar-refractivity contribution in [3.63, 3.8) is 0 Å². The molecule has 140 valence electrons. The number of halogens is 3. The van der Waals surface area contributed by atoms with Crippen LogP contribution in [0.4, 0.5) is 13.2 Å². The van der Waals surface area contributed by atoms with E-state index in [-0.39, 0.29) is 36.7 Å². The van der Waals surface area contributed by atoms with Crippen molar-refractivity contribution in [2.45, 2.75) is 6.54 Å². The fourth-order valence-electron chi connectivity index (χ4n) is 2.51. The number of hydrogen-bond acceptors (Lipinski definition) is 4. The molecule has 3 aromatic rings. The SMILES string of the molecule is O=C(c1cc(-c2ccc(F)c(F)c2)on1)N(CCO)Cc1ccc(F)cc1. The molecule has 5 nitrogen and oxygen atoms in total. The van der Waals surface area contributed by atoms with Crippen LogP contribution in [0, 0.1) is 17.5 Å². The molecule has 0 unspecified atom stereocenters.